The fourth-order valence-corrected chi connectivity index (χ4v) is 3.33. The third kappa shape index (κ3) is 4.98. The zero-order valence-electron chi connectivity index (χ0n) is 16.3. The van der Waals surface area contributed by atoms with Crippen molar-refractivity contribution in [2.24, 2.45) is 0 Å². The van der Waals surface area contributed by atoms with Crippen LogP contribution in [0.15, 0.2) is 41.4 Å². The van der Waals surface area contributed by atoms with E-state index in [1.165, 1.54) is 32.4 Å². The molecule has 2 aromatic rings. The summed E-state index contributed by atoms with van der Waals surface area (Å²) < 4.78 is 15.4. The third-order valence-corrected chi connectivity index (χ3v) is 4.93. The van der Waals surface area contributed by atoms with Crippen LogP contribution in [0.2, 0.25) is 0 Å². The Bertz CT molecular complexity index is 1080. The van der Waals surface area contributed by atoms with Gasteiger partial charge in [-0.05, 0) is 35.5 Å². The van der Waals surface area contributed by atoms with Gasteiger partial charge in [0.05, 0.1) is 24.0 Å². The van der Waals surface area contributed by atoms with Crippen LogP contribution in [0.3, 0.4) is 0 Å². The molecule has 1 fully saturated rings. The zero-order chi connectivity index (χ0) is 22.5. The van der Waals surface area contributed by atoms with Crippen molar-refractivity contribution < 1.29 is 33.5 Å². The number of nitro groups is 1. The molecule has 0 saturated carbocycles. The van der Waals surface area contributed by atoms with Crippen LogP contribution >= 0.6 is 11.8 Å². The van der Waals surface area contributed by atoms with E-state index in [0.29, 0.717) is 28.8 Å². The Balaban J connectivity index is 1.79. The summed E-state index contributed by atoms with van der Waals surface area (Å²) in [4.78, 5) is 50.8. The highest BCUT2D eigenvalue weighted by Crippen LogP contribution is 2.35. The minimum absolute atomic E-state index is 0.126. The van der Waals surface area contributed by atoms with Crippen LogP contribution in [0.4, 0.5) is 10.5 Å². The van der Waals surface area contributed by atoms with Crippen LogP contribution in [0.1, 0.15) is 5.56 Å². The lowest BCUT2D eigenvalue weighted by atomic mass is 10.2. The number of amides is 2. The van der Waals surface area contributed by atoms with Gasteiger partial charge in [-0.1, -0.05) is 6.07 Å². The molecular weight excluding hydrogens is 430 g/mol. The molecule has 0 spiro atoms. The second-order valence-electron chi connectivity index (χ2n) is 5.97. The Morgan fingerprint density at radius 1 is 1.23 bits per heavy atom. The van der Waals surface area contributed by atoms with E-state index in [0.717, 1.165) is 11.1 Å². The quantitative estimate of drug-likeness (QED) is 0.270. The molecule has 0 radical (unpaired) electrons. The summed E-state index contributed by atoms with van der Waals surface area (Å²) in [5.74, 6) is -0.579. The summed E-state index contributed by atoms with van der Waals surface area (Å²) in [6.45, 7) is -0.461. The molecule has 2 heterocycles. The molecule has 1 aliphatic heterocycles. The van der Waals surface area contributed by atoms with E-state index < -0.39 is 28.6 Å². The molecule has 1 aromatic heterocycles. The third-order valence-electron chi connectivity index (χ3n) is 4.02. The smallest absolute Gasteiger partial charge is 0.325 e. The SMILES string of the molecule is COC(=O)CN1C(=O)SC(=Cc2ccc(Oc3ccc([N+](=O)[O-])cn3)c(OC)c2)C1=O. The Morgan fingerprint density at radius 3 is 2.61 bits per heavy atom. The van der Waals surface area contributed by atoms with Crippen LogP contribution in [0, 0.1) is 10.1 Å². The van der Waals surface area contributed by atoms with Crippen LogP contribution in [-0.4, -0.2) is 52.7 Å². The van der Waals surface area contributed by atoms with Crippen molar-refractivity contribution in [2.45, 2.75) is 0 Å². The fraction of sp³-hybridized carbons (Fsp3) is 0.158. The topological polar surface area (TPSA) is 138 Å². The first-order chi connectivity index (χ1) is 14.8. The lowest BCUT2D eigenvalue weighted by molar-refractivity contribution is -0.385. The number of ether oxygens (including phenoxy) is 3. The van der Waals surface area contributed by atoms with Gasteiger partial charge < -0.3 is 14.2 Å². The van der Waals surface area contributed by atoms with Crippen molar-refractivity contribution in [3.63, 3.8) is 0 Å². The minimum atomic E-state index is -0.702. The van der Waals surface area contributed by atoms with E-state index in [1.807, 2.05) is 0 Å². The maximum Gasteiger partial charge on any atom is 0.325 e. The second kappa shape index (κ2) is 9.26. The van der Waals surface area contributed by atoms with Crippen LogP contribution < -0.4 is 9.47 Å². The number of methoxy groups -OCH3 is 2. The first kappa shape index (κ1) is 21.8. The molecule has 0 atom stereocenters. The van der Waals surface area contributed by atoms with Crippen molar-refractivity contribution in [1.82, 2.24) is 9.88 Å². The maximum absolute atomic E-state index is 12.4. The summed E-state index contributed by atoms with van der Waals surface area (Å²) in [6.07, 6.45) is 2.55. The molecule has 1 aliphatic rings. The van der Waals surface area contributed by atoms with Gasteiger partial charge in [-0.2, -0.15) is 0 Å². The molecule has 31 heavy (non-hydrogen) atoms. The molecule has 0 aliphatic carbocycles. The number of hydrogen-bond acceptors (Lipinski definition) is 10. The number of hydrogen-bond donors (Lipinski definition) is 0. The van der Waals surface area contributed by atoms with E-state index in [-0.39, 0.29) is 16.5 Å². The monoisotopic (exact) mass is 445 g/mol. The van der Waals surface area contributed by atoms with Crippen molar-refractivity contribution in [3.8, 4) is 17.4 Å². The van der Waals surface area contributed by atoms with Crippen LogP contribution in [-0.2, 0) is 14.3 Å². The van der Waals surface area contributed by atoms with Crippen molar-refractivity contribution in [2.75, 3.05) is 20.8 Å². The summed E-state index contributed by atoms with van der Waals surface area (Å²) in [7, 11) is 2.58. The van der Waals surface area contributed by atoms with Crippen molar-refractivity contribution >= 4 is 40.6 Å². The van der Waals surface area contributed by atoms with Crippen molar-refractivity contribution in [1.29, 1.82) is 0 Å². The molecule has 0 bridgehead atoms. The molecule has 12 heteroatoms. The molecule has 2 amide bonds. The fourth-order valence-electron chi connectivity index (χ4n) is 2.49. The lowest BCUT2D eigenvalue weighted by Gasteiger charge is -2.11. The highest BCUT2D eigenvalue weighted by atomic mass is 32.2. The zero-order valence-corrected chi connectivity index (χ0v) is 17.1. The van der Waals surface area contributed by atoms with Gasteiger partial charge in [0.25, 0.3) is 16.8 Å². The standard InChI is InChI=1S/C19H15N3O8S/c1-28-14-7-11(8-15-18(24)21(19(25)31-15)10-17(23)29-2)3-5-13(14)30-16-6-4-12(9-20-16)22(26)27/h3-9H,10H2,1-2H3. The Labute approximate surface area is 179 Å². The molecule has 160 valence electrons. The number of nitrogens with zero attached hydrogens (tertiary/aromatic N) is 3. The van der Waals surface area contributed by atoms with Gasteiger partial charge in [-0.3, -0.25) is 29.4 Å². The molecule has 3 rings (SSSR count). The normalized spacial score (nSPS) is 14.6. The largest absolute Gasteiger partial charge is 0.493 e. The number of rotatable bonds is 7. The van der Waals surface area contributed by atoms with E-state index in [4.69, 9.17) is 9.47 Å². The van der Waals surface area contributed by atoms with Gasteiger partial charge in [0.1, 0.15) is 12.7 Å². The van der Waals surface area contributed by atoms with Gasteiger partial charge in [-0.15, -0.1) is 0 Å². The molecule has 1 saturated heterocycles. The molecule has 1 aromatic carbocycles. The number of carbonyl (C=O) groups excluding carboxylic acids is 3. The summed E-state index contributed by atoms with van der Waals surface area (Å²) in [5.41, 5.74) is 0.375. The Morgan fingerprint density at radius 2 is 2.00 bits per heavy atom. The second-order valence-corrected chi connectivity index (χ2v) is 6.96. The highest BCUT2D eigenvalue weighted by molar-refractivity contribution is 8.18. The lowest BCUT2D eigenvalue weighted by Crippen LogP contribution is -2.34. The van der Waals surface area contributed by atoms with Gasteiger partial charge in [0, 0.05) is 12.1 Å². The van der Waals surface area contributed by atoms with Crippen LogP contribution in [0.25, 0.3) is 6.08 Å². The average Bonchev–Trinajstić information content (AvgIpc) is 3.02. The predicted octanol–water partition coefficient (Wildman–Crippen LogP) is 3.00. The first-order valence-electron chi connectivity index (χ1n) is 8.61. The Hall–Kier alpha value is -3.93. The molecular formula is C19H15N3O8S. The first-order valence-corrected chi connectivity index (χ1v) is 9.42. The van der Waals surface area contributed by atoms with Gasteiger partial charge in [0.2, 0.25) is 5.88 Å². The number of aromatic nitrogens is 1. The summed E-state index contributed by atoms with van der Waals surface area (Å²) in [6, 6.07) is 7.37. The van der Waals surface area contributed by atoms with E-state index in [9.17, 15) is 24.5 Å². The minimum Gasteiger partial charge on any atom is -0.493 e. The van der Waals surface area contributed by atoms with E-state index in [1.54, 1.807) is 18.2 Å². The number of benzene rings is 1. The summed E-state index contributed by atoms with van der Waals surface area (Å²) >= 11 is 0.707. The van der Waals surface area contributed by atoms with Gasteiger partial charge in [-0.25, -0.2) is 4.98 Å². The van der Waals surface area contributed by atoms with Crippen LogP contribution in [0.5, 0.6) is 17.4 Å². The number of thioether (sulfide) groups is 1. The number of carbonyl (C=O) groups is 3. The highest BCUT2D eigenvalue weighted by Gasteiger charge is 2.36. The van der Waals surface area contributed by atoms with Gasteiger partial charge in [0.15, 0.2) is 11.5 Å². The Kier molecular flexibility index (Phi) is 6.50. The van der Waals surface area contributed by atoms with E-state index >= 15 is 0 Å². The molecule has 11 nitrogen and oxygen atoms in total. The number of pyridine rings is 1. The molecule has 0 unspecified atom stereocenters. The maximum atomic E-state index is 12.4. The van der Waals surface area contributed by atoms with Crippen molar-refractivity contribution in [3.05, 3.63) is 57.1 Å². The number of imide groups is 1. The van der Waals surface area contributed by atoms with E-state index in [2.05, 4.69) is 9.72 Å². The summed E-state index contributed by atoms with van der Waals surface area (Å²) in [5, 5.41) is 10.1. The average molecular weight is 445 g/mol. The molecule has 0 N–H and O–H groups in total. The predicted molar refractivity (Wildman–Crippen MR) is 109 cm³/mol. The van der Waals surface area contributed by atoms with Gasteiger partial charge >= 0.3 is 5.97 Å². The number of esters is 1.